The Kier molecular flexibility index (Phi) is 6.42. The van der Waals surface area contributed by atoms with Gasteiger partial charge < -0.3 is 0 Å². The van der Waals surface area contributed by atoms with Gasteiger partial charge in [-0.25, -0.2) is 0 Å². The molecule has 0 bridgehead atoms. The van der Waals surface area contributed by atoms with Crippen LogP contribution in [0.15, 0.2) is 60.7 Å². The highest BCUT2D eigenvalue weighted by molar-refractivity contribution is 5.98. The van der Waals surface area contributed by atoms with Crippen LogP contribution in [0.1, 0.15) is 41.6 Å². The topological polar surface area (TPSA) is 51.2 Å². The number of benzene rings is 2. The van der Waals surface area contributed by atoms with Crippen molar-refractivity contribution in [2.75, 3.05) is 0 Å². The average molecular weight is 308 g/mol. The van der Waals surface area contributed by atoms with Gasteiger partial charge in [0.2, 0.25) is 0 Å². The van der Waals surface area contributed by atoms with E-state index in [-0.39, 0.29) is 43.0 Å². The van der Waals surface area contributed by atoms with Gasteiger partial charge in [0, 0.05) is 37.7 Å². The van der Waals surface area contributed by atoms with Crippen molar-refractivity contribution >= 4 is 17.3 Å². The zero-order valence-corrected chi connectivity index (χ0v) is 13.0. The Morgan fingerprint density at radius 1 is 0.609 bits per heavy atom. The second-order valence-electron chi connectivity index (χ2n) is 5.53. The van der Waals surface area contributed by atoms with Crippen molar-refractivity contribution in [3.8, 4) is 0 Å². The van der Waals surface area contributed by atoms with Crippen LogP contribution in [0.25, 0.3) is 0 Å². The summed E-state index contributed by atoms with van der Waals surface area (Å²) in [5.74, 6) is -0.0100. The van der Waals surface area contributed by atoms with Gasteiger partial charge in [0.1, 0.15) is 11.6 Å². The smallest absolute Gasteiger partial charge is 0.163 e. The molecular formula is C20H20O3. The molecule has 0 heterocycles. The number of hydrogen-bond acceptors (Lipinski definition) is 3. The predicted octanol–water partition coefficient (Wildman–Crippen LogP) is 3.81. The lowest BCUT2D eigenvalue weighted by molar-refractivity contribution is -0.123. The van der Waals surface area contributed by atoms with Crippen LogP contribution in [0.2, 0.25) is 0 Å². The molecule has 0 saturated carbocycles. The molecular weight excluding hydrogens is 288 g/mol. The van der Waals surface area contributed by atoms with Crippen molar-refractivity contribution in [1.82, 2.24) is 0 Å². The van der Waals surface area contributed by atoms with Crippen LogP contribution in [0.3, 0.4) is 0 Å². The Labute approximate surface area is 136 Å². The molecule has 0 unspecified atom stereocenters. The highest BCUT2D eigenvalue weighted by atomic mass is 16.1. The average Bonchev–Trinajstić information content (AvgIpc) is 2.59. The summed E-state index contributed by atoms with van der Waals surface area (Å²) in [5, 5.41) is 0. The van der Waals surface area contributed by atoms with Crippen LogP contribution in [-0.2, 0) is 16.0 Å². The number of carbonyl (C=O) groups excluding carboxylic acids is 3. The van der Waals surface area contributed by atoms with E-state index in [0.717, 1.165) is 5.56 Å². The molecule has 0 atom stereocenters. The fraction of sp³-hybridized carbons (Fsp3) is 0.250. The van der Waals surface area contributed by atoms with Crippen LogP contribution in [0, 0.1) is 0 Å². The normalized spacial score (nSPS) is 10.3. The Hall–Kier alpha value is -2.55. The summed E-state index contributed by atoms with van der Waals surface area (Å²) in [6.07, 6.45) is 1.22. The Bertz CT molecular complexity index is 660. The van der Waals surface area contributed by atoms with E-state index in [1.807, 2.05) is 36.4 Å². The molecule has 3 nitrogen and oxygen atoms in total. The zero-order chi connectivity index (χ0) is 16.5. The minimum absolute atomic E-state index is 0.0318. The van der Waals surface area contributed by atoms with E-state index in [0.29, 0.717) is 12.0 Å². The molecule has 0 aliphatic rings. The van der Waals surface area contributed by atoms with Gasteiger partial charge in [-0.2, -0.15) is 0 Å². The zero-order valence-electron chi connectivity index (χ0n) is 13.0. The molecule has 0 saturated heterocycles. The first-order valence-corrected chi connectivity index (χ1v) is 7.81. The van der Waals surface area contributed by atoms with Crippen LogP contribution < -0.4 is 0 Å². The van der Waals surface area contributed by atoms with Crippen molar-refractivity contribution in [1.29, 1.82) is 0 Å². The standard InChI is InChI=1S/C20H20O3/c21-18(13-14-20(23)17-9-5-2-6-10-17)11-12-19(22)15-16-7-3-1-4-8-16/h1-10H,11-15H2. The van der Waals surface area contributed by atoms with Crippen molar-refractivity contribution in [3.05, 3.63) is 71.8 Å². The number of ketones is 3. The summed E-state index contributed by atoms with van der Waals surface area (Å²) in [7, 11) is 0. The van der Waals surface area contributed by atoms with Crippen LogP contribution in [0.4, 0.5) is 0 Å². The first-order chi connectivity index (χ1) is 11.1. The Balaban J connectivity index is 1.69. The summed E-state index contributed by atoms with van der Waals surface area (Å²) >= 11 is 0. The molecule has 0 spiro atoms. The largest absolute Gasteiger partial charge is 0.300 e. The lowest BCUT2D eigenvalue weighted by Crippen LogP contribution is -2.09. The minimum Gasteiger partial charge on any atom is -0.300 e. The monoisotopic (exact) mass is 308 g/mol. The first-order valence-electron chi connectivity index (χ1n) is 7.81. The number of carbonyl (C=O) groups is 3. The maximum Gasteiger partial charge on any atom is 0.163 e. The summed E-state index contributed by atoms with van der Waals surface area (Å²) in [6, 6.07) is 18.4. The van der Waals surface area contributed by atoms with E-state index in [1.165, 1.54) is 0 Å². The van der Waals surface area contributed by atoms with Crippen LogP contribution in [0.5, 0.6) is 0 Å². The SMILES string of the molecule is O=C(CCC(=O)Cc1ccccc1)CCC(=O)c1ccccc1. The number of rotatable bonds is 9. The van der Waals surface area contributed by atoms with Crippen molar-refractivity contribution < 1.29 is 14.4 Å². The third-order valence-corrected chi connectivity index (χ3v) is 3.65. The molecule has 0 radical (unpaired) electrons. The van der Waals surface area contributed by atoms with Gasteiger partial charge in [-0.3, -0.25) is 14.4 Å². The van der Waals surface area contributed by atoms with E-state index in [4.69, 9.17) is 0 Å². The van der Waals surface area contributed by atoms with Gasteiger partial charge in [0.25, 0.3) is 0 Å². The van der Waals surface area contributed by atoms with Crippen molar-refractivity contribution in [2.45, 2.75) is 32.1 Å². The van der Waals surface area contributed by atoms with Crippen molar-refractivity contribution in [2.24, 2.45) is 0 Å². The van der Waals surface area contributed by atoms with E-state index in [9.17, 15) is 14.4 Å². The molecule has 0 N–H and O–H groups in total. The lowest BCUT2D eigenvalue weighted by Gasteiger charge is -2.02. The Morgan fingerprint density at radius 3 is 1.78 bits per heavy atom. The molecule has 3 heteroatoms. The second-order valence-corrected chi connectivity index (χ2v) is 5.53. The molecule has 118 valence electrons. The molecule has 23 heavy (non-hydrogen) atoms. The highest BCUT2D eigenvalue weighted by Gasteiger charge is 2.11. The maximum absolute atomic E-state index is 11.9. The predicted molar refractivity (Wildman–Crippen MR) is 89.4 cm³/mol. The van der Waals surface area contributed by atoms with E-state index in [1.54, 1.807) is 24.3 Å². The van der Waals surface area contributed by atoms with E-state index >= 15 is 0 Å². The summed E-state index contributed by atoms with van der Waals surface area (Å²) < 4.78 is 0. The molecule has 0 aliphatic carbocycles. The summed E-state index contributed by atoms with van der Waals surface area (Å²) in [4.78, 5) is 35.6. The molecule has 0 fully saturated rings. The molecule has 0 aromatic heterocycles. The third kappa shape index (κ3) is 5.99. The number of hydrogen-bond donors (Lipinski definition) is 0. The number of Topliss-reactive ketones (excluding diaryl/α,β-unsaturated/α-hetero) is 3. The molecule has 2 aromatic rings. The highest BCUT2D eigenvalue weighted by Crippen LogP contribution is 2.08. The van der Waals surface area contributed by atoms with E-state index < -0.39 is 0 Å². The third-order valence-electron chi connectivity index (χ3n) is 3.65. The van der Waals surface area contributed by atoms with Gasteiger partial charge in [0.05, 0.1) is 0 Å². The summed E-state index contributed by atoms with van der Waals surface area (Å²) in [5.41, 5.74) is 1.59. The molecule has 0 aliphatic heterocycles. The van der Waals surface area contributed by atoms with Gasteiger partial charge in [-0.1, -0.05) is 60.7 Å². The van der Waals surface area contributed by atoms with Crippen LogP contribution >= 0.6 is 0 Å². The fourth-order valence-corrected chi connectivity index (χ4v) is 2.34. The van der Waals surface area contributed by atoms with Gasteiger partial charge in [-0.05, 0) is 5.56 Å². The van der Waals surface area contributed by atoms with E-state index in [2.05, 4.69) is 0 Å². The van der Waals surface area contributed by atoms with Gasteiger partial charge in [0.15, 0.2) is 5.78 Å². The maximum atomic E-state index is 11.9. The quantitative estimate of drug-likeness (QED) is 0.662. The molecule has 2 aromatic carbocycles. The van der Waals surface area contributed by atoms with Crippen molar-refractivity contribution in [3.63, 3.8) is 0 Å². The lowest BCUT2D eigenvalue weighted by atomic mass is 10.0. The fourth-order valence-electron chi connectivity index (χ4n) is 2.34. The first kappa shape index (κ1) is 16.8. The minimum atomic E-state index is -0.0328. The Morgan fingerprint density at radius 2 is 1.13 bits per heavy atom. The second kappa shape index (κ2) is 8.79. The van der Waals surface area contributed by atoms with Gasteiger partial charge in [-0.15, -0.1) is 0 Å². The molecule has 0 amide bonds. The summed E-state index contributed by atoms with van der Waals surface area (Å²) in [6.45, 7) is 0. The van der Waals surface area contributed by atoms with Crippen LogP contribution in [-0.4, -0.2) is 17.3 Å². The molecule has 2 rings (SSSR count). The van der Waals surface area contributed by atoms with Gasteiger partial charge >= 0.3 is 0 Å².